The monoisotopic (exact) mass is 451 g/mol. The van der Waals surface area contributed by atoms with Gasteiger partial charge in [-0.05, 0) is 49.4 Å². The Kier molecular flexibility index (Phi) is 6.13. The molecular formula is C22H17N3O6S. The molecule has 0 unspecified atom stereocenters. The smallest absolute Gasteiger partial charge is 0.433 e. The van der Waals surface area contributed by atoms with Crippen molar-refractivity contribution in [3.8, 4) is 27.8 Å². The first kappa shape index (κ1) is 21.1. The van der Waals surface area contributed by atoms with Crippen molar-refractivity contribution in [3.05, 3.63) is 82.6 Å². The lowest BCUT2D eigenvalue weighted by Gasteiger charge is -2.06. The van der Waals surface area contributed by atoms with Crippen LogP contribution in [0, 0.1) is 10.1 Å². The van der Waals surface area contributed by atoms with Crippen LogP contribution in [-0.4, -0.2) is 22.4 Å². The van der Waals surface area contributed by atoms with E-state index < -0.39 is 16.7 Å². The normalized spacial score (nSPS) is 10.5. The zero-order chi connectivity index (χ0) is 22.5. The highest BCUT2D eigenvalue weighted by atomic mass is 32.1. The summed E-state index contributed by atoms with van der Waals surface area (Å²) in [6, 6.07) is 18.9. The van der Waals surface area contributed by atoms with Crippen LogP contribution in [0.1, 0.15) is 17.5 Å². The lowest BCUT2D eigenvalue weighted by atomic mass is 10.1. The Bertz CT molecular complexity index is 1230. The van der Waals surface area contributed by atoms with Crippen LogP contribution in [0.4, 0.5) is 11.0 Å². The SMILES string of the molecule is CCOc1ccc(-c2nc(NC(=O)c3ccc([N+](=O)[O-])o3)sc2Oc2ccccc2)cc1. The minimum atomic E-state index is -0.712. The maximum atomic E-state index is 12.5. The summed E-state index contributed by atoms with van der Waals surface area (Å²) in [4.78, 5) is 27.0. The van der Waals surface area contributed by atoms with E-state index in [4.69, 9.17) is 13.9 Å². The second-order valence-corrected chi connectivity index (χ2v) is 7.34. The molecule has 0 saturated carbocycles. The van der Waals surface area contributed by atoms with Gasteiger partial charge in [-0.25, -0.2) is 4.98 Å². The maximum absolute atomic E-state index is 12.5. The number of nitrogens with zero attached hydrogens (tertiary/aromatic N) is 2. The molecule has 10 heteroatoms. The van der Waals surface area contributed by atoms with E-state index in [0.29, 0.717) is 23.1 Å². The summed E-state index contributed by atoms with van der Waals surface area (Å²) in [6.45, 7) is 2.46. The topological polar surface area (TPSA) is 117 Å². The molecule has 0 radical (unpaired) electrons. The zero-order valence-electron chi connectivity index (χ0n) is 16.8. The molecule has 2 aromatic carbocycles. The van der Waals surface area contributed by atoms with Crippen molar-refractivity contribution in [1.82, 2.24) is 4.98 Å². The number of nitrogens with one attached hydrogen (secondary N) is 1. The number of hydrogen-bond acceptors (Lipinski definition) is 8. The lowest BCUT2D eigenvalue weighted by Crippen LogP contribution is -2.10. The minimum Gasteiger partial charge on any atom is -0.494 e. The molecule has 4 aromatic rings. The van der Waals surface area contributed by atoms with Crippen LogP contribution in [0.25, 0.3) is 11.3 Å². The molecular weight excluding hydrogens is 434 g/mol. The van der Waals surface area contributed by atoms with E-state index in [1.807, 2.05) is 61.5 Å². The zero-order valence-corrected chi connectivity index (χ0v) is 17.6. The van der Waals surface area contributed by atoms with E-state index in [2.05, 4.69) is 10.3 Å². The number of benzene rings is 2. The van der Waals surface area contributed by atoms with E-state index >= 15 is 0 Å². The Balaban J connectivity index is 1.63. The molecule has 0 aliphatic heterocycles. The molecule has 9 nitrogen and oxygen atoms in total. The summed E-state index contributed by atoms with van der Waals surface area (Å²) >= 11 is 1.13. The van der Waals surface area contributed by atoms with Crippen molar-refractivity contribution in [1.29, 1.82) is 0 Å². The fourth-order valence-corrected chi connectivity index (χ4v) is 3.64. The molecule has 2 aromatic heterocycles. The van der Waals surface area contributed by atoms with Gasteiger partial charge in [0.05, 0.1) is 12.7 Å². The van der Waals surface area contributed by atoms with Gasteiger partial charge in [0.25, 0.3) is 5.91 Å². The van der Waals surface area contributed by atoms with Gasteiger partial charge in [0.15, 0.2) is 10.9 Å². The van der Waals surface area contributed by atoms with E-state index in [-0.39, 0.29) is 10.9 Å². The number of nitro groups is 1. The van der Waals surface area contributed by atoms with E-state index in [9.17, 15) is 14.9 Å². The molecule has 0 atom stereocenters. The molecule has 0 aliphatic rings. The fourth-order valence-electron chi connectivity index (χ4n) is 2.79. The van der Waals surface area contributed by atoms with E-state index in [0.717, 1.165) is 28.7 Å². The van der Waals surface area contributed by atoms with E-state index in [1.165, 1.54) is 6.07 Å². The average molecular weight is 451 g/mol. The van der Waals surface area contributed by atoms with Gasteiger partial charge in [-0.2, -0.15) is 0 Å². The quantitative estimate of drug-likeness (QED) is 0.267. The Hall–Kier alpha value is -4.18. The van der Waals surface area contributed by atoms with Gasteiger partial charge in [-0.1, -0.05) is 29.5 Å². The van der Waals surface area contributed by atoms with Crippen LogP contribution in [0.15, 0.2) is 71.1 Å². The molecule has 0 fully saturated rings. The number of carbonyl (C=O) groups excluding carboxylic acids is 1. The first-order chi connectivity index (χ1) is 15.5. The van der Waals surface area contributed by atoms with Crippen LogP contribution in [0.3, 0.4) is 0 Å². The number of ether oxygens (including phenoxy) is 2. The lowest BCUT2D eigenvalue weighted by molar-refractivity contribution is -0.402. The average Bonchev–Trinajstić information content (AvgIpc) is 3.43. The van der Waals surface area contributed by atoms with Crippen LogP contribution >= 0.6 is 11.3 Å². The second-order valence-electron chi connectivity index (χ2n) is 6.38. The number of anilines is 1. The maximum Gasteiger partial charge on any atom is 0.433 e. The molecule has 0 spiro atoms. The molecule has 0 saturated heterocycles. The number of thiazole rings is 1. The Labute approximate surface area is 186 Å². The van der Waals surface area contributed by atoms with Crippen LogP contribution in [-0.2, 0) is 0 Å². The Morgan fingerprint density at radius 3 is 2.50 bits per heavy atom. The number of rotatable bonds is 8. The summed E-state index contributed by atoms with van der Waals surface area (Å²) in [5.74, 6) is -0.0262. The first-order valence-electron chi connectivity index (χ1n) is 9.56. The van der Waals surface area contributed by atoms with Crippen molar-refractivity contribution in [3.63, 3.8) is 0 Å². The molecule has 0 aliphatic carbocycles. The highest BCUT2D eigenvalue weighted by molar-refractivity contribution is 7.18. The first-order valence-corrected chi connectivity index (χ1v) is 10.4. The summed E-state index contributed by atoms with van der Waals surface area (Å²) in [7, 11) is 0. The second kappa shape index (κ2) is 9.31. The fraction of sp³-hybridized carbons (Fsp3) is 0.0909. The largest absolute Gasteiger partial charge is 0.494 e. The van der Waals surface area contributed by atoms with Crippen molar-refractivity contribution >= 4 is 28.3 Å². The van der Waals surface area contributed by atoms with Crippen LogP contribution in [0.2, 0.25) is 0 Å². The standard InChI is InChI=1S/C22H17N3O6S/c1-2-29-15-10-8-14(9-11-15)19-21(30-16-6-4-3-5-7-16)32-22(23-19)24-20(26)17-12-13-18(31-17)25(27)28/h3-13H,2H2,1H3,(H,23,24,26). The van der Waals surface area contributed by atoms with Crippen molar-refractivity contribution in [2.24, 2.45) is 0 Å². The number of carbonyl (C=O) groups is 1. The van der Waals surface area contributed by atoms with Gasteiger partial charge in [-0.15, -0.1) is 0 Å². The molecule has 1 amide bonds. The molecule has 1 N–H and O–H groups in total. The highest BCUT2D eigenvalue weighted by Gasteiger charge is 2.21. The van der Waals surface area contributed by atoms with Gasteiger partial charge in [-0.3, -0.25) is 20.2 Å². The number of hydrogen-bond donors (Lipinski definition) is 1. The van der Waals surface area contributed by atoms with Crippen LogP contribution < -0.4 is 14.8 Å². The number of amides is 1. The van der Waals surface area contributed by atoms with Crippen LogP contribution in [0.5, 0.6) is 16.6 Å². The number of para-hydroxylation sites is 1. The number of furan rings is 1. The highest BCUT2D eigenvalue weighted by Crippen LogP contribution is 2.41. The van der Waals surface area contributed by atoms with E-state index in [1.54, 1.807) is 0 Å². The molecule has 162 valence electrons. The minimum absolute atomic E-state index is 0.194. The molecule has 4 rings (SSSR count). The van der Waals surface area contributed by atoms with Crippen molar-refractivity contribution < 1.29 is 23.6 Å². The van der Waals surface area contributed by atoms with Crippen molar-refractivity contribution in [2.75, 3.05) is 11.9 Å². The van der Waals surface area contributed by atoms with Gasteiger partial charge in [0, 0.05) is 5.56 Å². The third-order valence-corrected chi connectivity index (χ3v) is 5.05. The van der Waals surface area contributed by atoms with Crippen molar-refractivity contribution in [2.45, 2.75) is 6.92 Å². The number of aromatic nitrogens is 1. The molecule has 32 heavy (non-hydrogen) atoms. The van der Waals surface area contributed by atoms with Gasteiger partial charge >= 0.3 is 5.88 Å². The van der Waals surface area contributed by atoms with Gasteiger partial charge < -0.3 is 13.9 Å². The summed E-state index contributed by atoms with van der Waals surface area (Å²) in [5.41, 5.74) is 1.30. The third-order valence-electron chi connectivity index (χ3n) is 4.20. The summed E-state index contributed by atoms with van der Waals surface area (Å²) < 4.78 is 16.4. The Morgan fingerprint density at radius 2 is 1.84 bits per heavy atom. The molecule has 0 bridgehead atoms. The third kappa shape index (κ3) is 4.76. The van der Waals surface area contributed by atoms with Gasteiger partial charge in [0.2, 0.25) is 5.06 Å². The van der Waals surface area contributed by atoms with Gasteiger partial charge in [0.1, 0.15) is 22.1 Å². The predicted octanol–water partition coefficient (Wildman–Crippen LogP) is 5.75. The Morgan fingerprint density at radius 1 is 1.09 bits per heavy atom. The predicted molar refractivity (Wildman–Crippen MR) is 119 cm³/mol. The summed E-state index contributed by atoms with van der Waals surface area (Å²) in [5, 5.41) is 14.1. The summed E-state index contributed by atoms with van der Waals surface area (Å²) in [6.07, 6.45) is 0. The molecule has 2 heterocycles.